The second-order valence-electron chi connectivity index (χ2n) is 15.5. The predicted octanol–water partition coefficient (Wildman–Crippen LogP) is 7.16. The molecule has 4 aliphatic rings. The van der Waals surface area contributed by atoms with Gasteiger partial charge in [-0.25, -0.2) is 4.90 Å². The van der Waals surface area contributed by atoms with Crippen molar-refractivity contribution in [1.29, 1.82) is 0 Å². The predicted molar refractivity (Wildman–Crippen MR) is 212 cm³/mol. The molecule has 0 spiro atoms. The zero-order valence-corrected chi connectivity index (χ0v) is 32.7. The van der Waals surface area contributed by atoms with Crippen LogP contribution in [0, 0.1) is 36.0 Å². The molecule has 13 heteroatoms. The van der Waals surface area contributed by atoms with Crippen molar-refractivity contribution in [3.8, 4) is 27.8 Å². The zero-order valence-electron chi connectivity index (χ0n) is 31.2. The lowest BCUT2D eigenvalue weighted by Gasteiger charge is -2.49. The maximum atomic E-state index is 15.1. The molecule has 6 atom stereocenters. The van der Waals surface area contributed by atoms with Crippen LogP contribution in [0.2, 0.25) is 5.02 Å². The molecule has 2 saturated heterocycles. The number of rotatable bonds is 7. The molecular formula is C43H39ClN4O7S. The summed E-state index contributed by atoms with van der Waals surface area (Å²) in [4.78, 5) is 61.8. The maximum absolute atomic E-state index is 15.1. The van der Waals surface area contributed by atoms with Gasteiger partial charge in [0, 0.05) is 35.3 Å². The summed E-state index contributed by atoms with van der Waals surface area (Å²) < 4.78 is 8.12. The molecule has 3 fully saturated rings. The zero-order chi connectivity index (χ0) is 39.4. The number of allylic oxidation sites excluding steroid dienone is 2. The Morgan fingerprint density at radius 2 is 1.73 bits per heavy atom. The SMILES string of the molecule is COc1cc([C@H]2C3=CC[C@@H]4C(=O)N(CCc5ccc(O)cc5)C(=O)[C@@H]4[C@@H]3C[C@H]3C(=O)N(c4cc(-c5sc6ccc(Cl)cc6c5C)nn4C)C(=O)[C@@]23C)ccc1O. The summed E-state index contributed by atoms with van der Waals surface area (Å²) in [5.41, 5.74) is 2.72. The van der Waals surface area contributed by atoms with Crippen LogP contribution in [0.25, 0.3) is 20.7 Å². The molecule has 3 aromatic carbocycles. The Bertz CT molecular complexity index is 2540. The number of likely N-dealkylation sites (tertiary alicyclic amines) is 1. The van der Waals surface area contributed by atoms with Crippen molar-refractivity contribution in [2.45, 2.75) is 39.0 Å². The van der Waals surface area contributed by atoms with E-state index in [1.807, 2.05) is 38.1 Å². The van der Waals surface area contributed by atoms with Crippen molar-refractivity contribution in [2.75, 3.05) is 18.6 Å². The molecule has 0 bridgehead atoms. The van der Waals surface area contributed by atoms with Crippen molar-refractivity contribution in [2.24, 2.45) is 36.1 Å². The van der Waals surface area contributed by atoms with Crippen LogP contribution < -0.4 is 9.64 Å². The normalized spacial score (nSPS) is 25.8. The number of nitrogens with zero attached hydrogens (tertiary/aromatic N) is 4. The van der Waals surface area contributed by atoms with E-state index in [1.165, 1.54) is 23.0 Å². The molecule has 0 unspecified atom stereocenters. The summed E-state index contributed by atoms with van der Waals surface area (Å²) >= 11 is 7.88. The monoisotopic (exact) mass is 790 g/mol. The van der Waals surface area contributed by atoms with E-state index < -0.39 is 35.0 Å². The van der Waals surface area contributed by atoms with Crippen LogP contribution in [-0.2, 0) is 32.6 Å². The molecular weight excluding hydrogens is 752 g/mol. The molecule has 2 N–H and O–H groups in total. The Balaban J connectivity index is 1.11. The number of carbonyl (C=O) groups is 4. The number of ether oxygens (including phenoxy) is 1. The fourth-order valence-electron chi connectivity index (χ4n) is 9.89. The van der Waals surface area contributed by atoms with Crippen molar-refractivity contribution >= 4 is 62.5 Å². The summed E-state index contributed by atoms with van der Waals surface area (Å²) in [5.74, 6) is -3.92. The first-order valence-electron chi connectivity index (χ1n) is 18.6. The number of carbonyl (C=O) groups excluding carboxylic acids is 4. The number of hydrogen-bond donors (Lipinski definition) is 2. The molecule has 4 heterocycles. The third-order valence-corrected chi connectivity index (χ3v) is 14.2. The second kappa shape index (κ2) is 13.1. The highest BCUT2D eigenvalue weighted by molar-refractivity contribution is 7.22. The lowest BCUT2D eigenvalue weighted by atomic mass is 9.51. The van der Waals surface area contributed by atoms with Gasteiger partial charge in [0.05, 0.1) is 35.2 Å². The van der Waals surface area contributed by atoms with Gasteiger partial charge >= 0.3 is 0 Å². The number of phenolic OH excluding ortho intramolecular Hbond substituents is 2. The Morgan fingerprint density at radius 3 is 2.48 bits per heavy atom. The third kappa shape index (κ3) is 5.25. The number of phenols is 2. The first-order valence-corrected chi connectivity index (χ1v) is 19.8. The molecule has 2 aliphatic heterocycles. The Labute approximate surface area is 331 Å². The van der Waals surface area contributed by atoms with Gasteiger partial charge < -0.3 is 14.9 Å². The van der Waals surface area contributed by atoms with Crippen molar-refractivity contribution in [3.05, 3.63) is 100 Å². The number of methoxy groups -OCH3 is 1. The molecule has 2 aliphatic carbocycles. The fourth-order valence-corrected chi connectivity index (χ4v) is 11.2. The average Bonchev–Trinajstić information content (AvgIpc) is 3.85. The number of anilines is 1. The molecule has 4 amide bonds. The van der Waals surface area contributed by atoms with E-state index in [0.29, 0.717) is 34.9 Å². The van der Waals surface area contributed by atoms with Crippen LogP contribution in [0.1, 0.15) is 42.4 Å². The fraction of sp³-hybridized carbons (Fsp3) is 0.326. The van der Waals surface area contributed by atoms with Crippen LogP contribution in [0.3, 0.4) is 0 Å². The van der Waals surface area contributed by atoms with Gasteiger partial charge in [0.25, 0.3) is 0 Å². The van der Waals surface area contributed by atoms with Crippen LogP contribution in [-0.4, -0.2) is 62.2 Å². The number of amides is 4. The Kier molecular flexibility index (Phi) is 8.44. The number of hydrogen-bond acceptors (Lipinski definition) is 9. The van der Waals surface area contributed by atoms with E-state index in [9.17, 15) is 24.6 Å². The lowest BCUT2D eigenvalue weighted by molar-refractivity contribution is -0.140. The number of imide groups is 2. The molecule has 0 radical (unpaired) electrons. The van der Waals surface area contributed by atoms with Crippen LogP contribution in [0.4, 0.5) is 5.82 Å². The molecule has 2 aromatic heterocycles. The van der Waals surface area contributed by atoms with Crippen LogP contribution >= 0.6 is 22.9 Å². The quantitative estimate of drug-likeness (QED) is 0.131. The van der Waals surface area contributed by atoms with Gasteiger partial charge in [0.15, 0.2) is 11.5 Å². The number of halogens is 1. The van der Waals surface area contributed by atoms with Crippen molar-refractivity contribution in [1.82, 2.24) is 14.7 Å². The number of benzene rings is 3. The Morgan fingerprint density at radius 1 is 0.964 bits per heavy atom. The van der Waals surface area contributed by atoms with Gasteiger partial charge in [-0.1, -0.05) is 41.4 Å². The molecule has 286 valence electrons. The highest BCUT2D eigenvalue weighted by atomic mass is 35.5. The highest BCUT2D eigenvalue weighted by Gasteiger charge is 2.68. The summed E-state index contributed by atoms with van der Waals surface area (Å²) in [6.07, 6.45) is 2.97. The van der Waals surface area contributed by atoms with Gasteiger partial charge in [-0.3, -0.25) is 28.8 Å². The summed E-state index contributed by atoms with van der Waals surface area (Å²) in [7, 11) is 3.17. The van der Waals surface area contributed by atoms with E-state index in [0.717, 1.165) is 31.7 Å². The number of thiophene rings is 1. The standard InChI is InChI=1S/C43H39ClN4O7S/c1-21-28-18-24(44)8-14-34(28)56-38(21)31-20-35(46(3)45-31)48-40(52)30-19-29-26(37(43(30,2)42(48)54)23-7-13-32(50)33(17-23)55-4)11-12-27-36(29)41(53)47(39(27)51)16-15-22-5-9-25(49)10-6-22/h5-11,13-14,17-18,20,27,29-30,36-37,49-50H,12,15-16,19H2,1-4H3/t27-,29+,30-,36-,37-,43+/m0/s1. The molecule has 1 saturated carbocycles. The summed E-state index contributed by atoms with van der Waals surface area (Å²) in [6, 6.07) is 19.2. The molecule has 9 rings (SSSR count). The largest absolute Gasteiger partial charge is 0.508 e. The highest BCUT2D eigenvalue weighted by Crippen LogP contribution is 2.64. The van der Waals surface area contributed by atoms with E-state index >= 15 is 4.79 Å². The number of aryl methyl sites for hydroxylation is 2. The third-order valence-electron chi connectivity index (χ3n) is 12.7. The lowest BCUT2D eigenvalue weighted by Crippen LogP contribution is -2.49. The van der Waals surface area contributed by atoms with Gasteiger partial charge in [0.1, 0.15) is 17.3 Å². The minimum absolute atomic E-state index is 0.0690. The minimum atomic E-state index is -1.28. The molecule has 5 aromatic rings. The number of aromatic hydroxyl groups is 2. The van der Waals surface area contributed by atoms with Crippen molar-refractivity contribution < 1.29 is 34.1 Å². The van der Waals surface area contributed by atoms with Gasteiger partial charge in [-0.15, -0.1) is 11.3 Å². The van der Waals surface area contributed by atoms with E-state index in [-0.39, 0.29) is 53.8 Å². The van der Waals surface area contributed by atoms with E-state index in [4.69, 9.17) is 21.4 Å². The molecule has 11 nitrogen and oxygen atoms in total. The van der Waals surface area contributed by atoms with Gasteiger partial charge in [-0.2, -0.15) is 5.10 Å². The summed E-state index contributed by atoms with van der Waals surface area (Å²) in [6.45, 7) is 4.02. The summed E-state index contributed by atoms with van der Waals surface area (Å²) in [5, 5.41) is 26.7. The van der Waals surface area contributed by atoms with Gasteiger partial charge in [0.2, 0.25) is 23.6 Å². The van der Waals surface area contributed by atoms with Gasteiger partial charge in [-0.05, 0) is 104 Å². The minimum Gasteiger partial charge on any atom is -0.508 e. The first kappa shape index (κ1) is 36.2. The van der Waals surface area contributed by atoms with E-state index in [2.05, 4.69) is 0 Å². The number of fused-ring (bicyclic) bond motifs is 5. The Hall–Kier alpha value is -5.46. The van der Waals surface area contributed by atoms with Crippen molar-refractivity contribution in [3.63, 3.8) is 0 Å². The van der Waals surface area contributed by atoms with E-state index in [1.54, 1.807) is 65.5 Å². The maximum Gasteiger partial charge on any atom is 0.242 e. The number of aromatic nitrogens is 2. The average molecular weight is 791 g/mol. The van der Waals surface area contributed by atoms with Crippen LogP contribution in [0.5, 0.6) is 17.2 Å². The topological polar surface area (TPSA) is 142 Å². The van der Waals surface area contributed by atoms with Crippen LogP contribution in [0.15, 0.2) is 78.4 Å². The molecule has 56 heavy (non-hydrogen) atoms. The first-order chi connectivity index (χ1) is 26.8. The smallest absolute Gasteiger partial charge is 0.242 e. The second-order valence-corrected chi connectivity index (χ2v) is 17.0.